The van der Waals surface area contributed by atoms with Crippen LogP contribution in [0.5, 0.6) is 0 Å². The third-order valence-electron chi connectivity index (χ3n) is 2.34. The zero-order chi connectivity index (χ0) is 11.5. The van der Waals surface area contributed by atoms with Gasteiger partial charge in [-0.3, -0.25) is 9.78 Å². The molecule has 0 atom stereocenters. The Morgan fingerprint density at radius 3 is 2.81 bits per heavy atom. The molecule has 0 radical (unpaired) electrons. The Bertz CT molecular complexity index is 560. The van der Waals surface area contributed by atoms with E-state index in [9.17, 15) is 4.79 Å². The van der Waals surface area contributed by atoms with Crippen molar-refractivity contribution in [2.75, 3.05) is 0 Å². The van der Waals surface area contributed by atoms with Crippen molar-refractivity contribution in [3.8, 4) is 11.3 Å². The third kappa shape index (κ3) is 2.00. The fourth-order valence-electron chi connectivity index (χ4n) is 1.52. The van der Waals surface area contributed by atoms with Crippen molar-refractivity contribution >= 4 is 0 Å². The first kappa shape index (κ1) is 10.5. The van der Waals surface area contributed by atoms with Crippen molar-refractivity contribution in [3.63, 3.8) is 0 Å². The molecule has 0 spiro atoms. The molecule has 0 fully saturated rings. The standard InChI is InChI=1S/C12H13N3O/c1-3-15-12(16)5-4-11(14-15)10-6-9(2)7-13-8-10/h4-8H,3H2,1-2H3. The van der Waals surface area contributed by atoms with Gasteiger partial charge in [-0.1, -0.05) is 0 Å². The van der Waals surface area contributed by atoms with Crippen molar-refractivity contribution in [2.24, 2.45) is 0 Å². The lowest BCUT2D eigenvalue weighted by atomic mass is 10.1. The van der Waals surface area contributed by atoms with E-state index in [1.54, 1.807) is 18.5 Å². The molecule has 16 heavy (non-hydrogen) atoms. The minimum Gasteiger partial charge on any atom is -0.268 e. The second-order valence-corrected chi connectivity index (χ2v) is 3.62. The van der Waals surface area contributed by atoms with Crippen molar-refractivity contribution in [1.82, 2.24) is 14.8 Å². The monoisotopic (exact) mass is 215 g/mol. The second kappa shape index (κ2) is 4.26. The van der Waals surface area contributed by atoms with Gasteiger partial charge >= 0.3 is 0 Å². The van der Waals surface area contributed by atoms with Gasteiger partial charge in [0.05, 0.1) is 5.69 Å². The van der Waals surface area contributed by atoms with E-state index >= 15 is 0 Å². The number of nitrogens with zero attached hydrogens (tertiary/aromatic N) is 3. The van der Waals surface area contributed by atoms with Crippen molar-refractivity contribution < 1.29 is 0 Å². The SMILES string of the molecule is CCn1nc(-c2cncc(C)c2)ccc1=O. The van der Waals surface area contributed by atoms with Gasteiger partial charge in [0.25, 0.3) is 5.56 Å². The van der Waals surface area contributed by atoms with Gasteiger partial charge in [-0.25, -0.2) is 4.68 Å². The number of pyridine rings is 1. The van der Waals surface area contributed by atoms with Crippen LogP contribution in [0.2, 0.25) is 0 Å². The van der Waals surface area contributed by atoms with E-state index in [0.29, 0.717) is 6.54 Å². The summed E-state index contributed by atoms with van der Waals surface area (Å²) in [5.41, 5.74) is 2.71. The Kier molecular flexibility index (Phi) is 2.81. The highest BCUT2D eigenvalue weighted by molar-refractivity contribution is 5.57. The number of aryl methyl sites for hydroxylation is 2. The van der Waals surface area contributed by atoms with Gasteiger partial charge < -0.3 is 0 Å². The van der Waals surface area contributed by atoms with E-state index in [4.69, 9.17) is 0 Å². The van der Waals surface area contributed by atoms with E-state index < -0.39 is 0 Å². The van der Waals surface area contributed by atoms with Crippen LogP contribution < -0.4 is 5.56 Å². The maximum atomic E-state index is 11.4. The summed E-state index contributed by atoms with van der Waals surface area (Å²) in [6, 6.07) is 5.26. The van der Waals surface area contributed by atoms with E-state index in [2.05, 4.69) is 10.1 Å². The molecule has 0 aliphatic rings. The van der Waals surface area contributed by atoms with Crippen LogP contribution >= 0.6 is 0 Å². The average molecular weight is 215 g/mol. The first-order chi connectivity index (χ1) is 7.70. The zero-order valence-corrected chi connectivity index (χ0v) is 9.34. The molecular weight excluding hydrogens is 202 g/mol. The van der Waals surface area contributed by atoms with Gasteiger partial charge in [0, 0.05) is 30.6 Å². The molecule has 0 aliphatic heterocycles. The first-order valence-electron chi connectivity index (χ1n) is 5.21. The molecule has 2 rings (SSSR count). The highest BCUT2D eigenvalue weighted by Crippen LogP contribution is 2.14. The Morgan fingerprint density at radius 2 is 2.12 bits per heavy atom. The van der Waals surface area contributed by atoms with Crippen molar-refractivity contribution in [2.45, 2.75) is 20.4 Å². The number of aromatic nitrogens is 3. The van der Waals surface area contributed by atoms with Crippen LogP contribution in [0.4, 0.5) is 0 Å². The smallest absolute Gasteiger partial charge is 0.266 e. The molecule has 82 valence electrons. The lowest BCUT2D eigenvalue weighted by Gasteiger charge is -2.04. The molecule has 0 saturated carbocycles. The van der Waals surface area contributed by atoms with Gasteiger partial charge in [-0.2, -0.15) is 5.10 Å². The van der Waals surface area contributed by atoms with Crippen molar-refractivity contribution in [3.05, 3.63) is 46.5 Å². The molecule has 0 N–H and O–H groups in total. The Labute approximate surface area is 93.6 Å². The maximum Gasteiger partial charge on any atom is 0.266 e. The summed E-state index contributed by atoms with van der Waals surface area (Å²) < 4.78 is 1.44. The Balaban J connectivity index is 2.52. The fourth-order valence-corrected chi connectivity index (χ4v) is 1.52. The summed E-state index contributed by atoms with van der Waals surface area (Å²) in [6.45, 7) is 4.45. The molecule has 0 aliphatic carbocycles. The van der Waals surface area contributed by atoms with Crippen LogP contribution in [0.1, 0.15) is 12.5 Å². The van der Waals surface area contributed by atoms with E-state index in [-0.39, 0.29) is 5.56 Å². The molecule has 0 unspecified atom stereocenters. The summed E-state index contributed by atoms with van der Waals surface area (Å²) >= 11 is 0. The molecule has 2 aromatic heterocycles. The van der Waals surface area contributed by atoms with Crippen LogP contribution in [0, 0.1) is 6.92 Å². The van der Waals surface area contributed by atoms with Gasteiger partial charge in [0.15, 0.2) is 0 Å². The lowest BCUT2D eigenvalue weighted by molar-refractivity contribution is 0.619. The predicted molar refractivity (Wildman–Crippen MR) is 62.1 cm³/mol. The second-order valence-electron chi connectivity index (χ2n) is 3.62. The van der Waals surface area contributed by atoms with Crippen LogP contribution in [0.25, 0.3) is 11.3 Å². The molecule has 2 aromatic rings. The largest absolute Gasteiger partial charge is 0.268 e. The third-order valence-corrected chi connectivity index (χ3v) is 2.34. The summed E-state index contributed by atoms with van der Waals surface area (Å²) in [4.78, 5) is 15.5. The Hall–Kier alpha value is -1.97. The van der Waals surface area contributed by atoms with Crippen molar-refractivity contribution in [1.29, 1.82) is 0 Å². The number of hydrogen-bond donors (Lipinski definition) is 0. The summed E-state index contributed by atoms with van der Waals surface area (Å²) in [5, 5.41) is 4.27. The highest BCUT2D eigenvalue weighted by Gasteiger charge is 2.02. The molecule has 4 heteroatoms. The molecular formula is C12H13N3O. The molecule has 0 aromatic carbocycles. The predicted octanol–water partition coefficient (Wildman–Crippen LogP) is 1.63. The number of hydrogen-bond acceptors (Lipinski definition) is 3. The first-order valence-corrected chi connectivity index (χ1v) is 5.21. The topological polar surface area (TPSA) is 47.8 Å². The van der Waals surface area contributed by atoms with Gasteiger partial charge in [0.2, 0.25) is 0 Å². The van der Waals surface area contributed by atoms with E-state index in [0.717, 1.165) is 16.8 Å². The van der Waals surface area contributed by atoms with Crippen LogP contribution in [-0.2, 0) is 6.54 Å². The van der Waals surface area contributed by atoms with E-state index in [1.165, 1.54) is 10.7 Å². The van der Waals surface area contributed by atoms with Gasteiger partial charge in [-0.05, 0) is 31.5 Å². The average Bonchev–Trinajstić information content (AvgIpc) is 2.29. The quantitative estimate of drug-likeness (QED) is 0.765. The van der Waals surface area contributed by atoms with Gasteiger partial charge in [0.1, 0.15) is 0 Å². The summed E-state index contributed by atoms with van der Waals surface area (Å²) in [5.74, 6) is 0. The maximum absolute atomic E-state index is 11.4. The number of rotatable bonds is 2. The minimum absolute atomic E-state index is 0.0770. The molecule has 4 nitrogen and oxygen atoms in total. The van der Waals surface area contributed by atoms with Crippen LogP contribution in [0.15, 0.2) is 35.4 Å². The molecule has 2 heterocycles. The Morgan fingerprint density at radius 1 is 1.31 bits per heavy atom. The molecule has 0 saturated heterocycles. The molecule has 0 amide bonds. The molecule has 0 bridgehead atoms. The zero-order valence-electron chi connectivity index (χ0n) is 9.34. The van der Waals surface area contributed by atoms with Crippen LogP contribution in [-0.4, -0.2) is 14.8 Å². The summed E-state index contributed by atoms with van der Waals surface area (Å²) in [6.07, 6.45) is 3.54. The summed E-state index contributed by atoms with van der Waals surface area (Å²) in [7, 11) is 0. The normalized spacial score (nSPS) is 10.4. The van der Waals surface area contributed by atoms with Gasteiger partial charge in [-0.15, -0.1) is 0 Å². The minimum atomic E-state index is -0.0770. The van der Waals surface area contributed by atoms with Crippen LogP contribution in [0.3, 0.4) is 0 Å². The highest BCUT2D eigenvalue weighted by atomic mass is 16.1. The lowest BCUT2D eigenvalue weighted by Crippen LogP contribution is -2.21. The fraction of sp³-hybridized carbons (Fsp3) is 0.250. The van der Waals surface area contributed by atoms with E-state index in [1.807, 2.05) is 19.9 Å².